The van der Waals surface area contributed by atoms with E-state index in [1.807, 2.05) is 18.2 Å². The van der Waals surface area contributed by atoms with E-state index in [0.29, 0.717) is 36.2 Å². The molecule has 0 aliphatic heterocycles. The van der Waals surface area contributed by atoms with E-state index in [9.17, 15) is 4.79 Å². The van der Waals surface area contributed by atoms with Gasteiger partial charge in [0.25, 0.3) is 0 Å². The number of aromatic nitrogens is 2. The van der Waals surface area contributed by atoms with Crippen molar-refractivity contribution in [3.63, 3.8) is 0 Å². The molecule has 1 aromatic carbocycles. The van der Waals surface area contributed by atoms with Gasteiger partial charge >= 0.3 is 5.97 Å². The fourth-order valence-corrected chi connectivity index (χ4v) is 12.7. The molecule has 1 heterocycles. The molecule has 46 heavy (non-hydrogen) atoms. The van der Waals surface area contributed by atoms with Gasteiger partial charge in [0.2, 0.25) is 0 Å². The Morgan fingerprint density at radius 3 is 2.41 bits per heavy atom. The molecule has 246 valence electrons. The summed E-state index contributed by atoms with van der Waals surface area (Å²) in [5.74, 6) is 4.28. The number of carbonyl (C=O) groups is 1. The van der Waals surface area contributed by atoms with Gasteiger partial charge < -0.3 is 4.74 Å². The van der Waals surface area contributed by atoms with E-state index in [1.54, 1.807) is 5.57 Å². The summed E-state index contributed by atoms with van der Waals surface area (Å²) in [6.45, 7) is 18.2. The Kier molecular flexibility index (Phi) is 6.87. The Bertz CT molecular complexity index is 1580. The Morgan fingerprint density at radius 2 is 1.67 bits per heavy atom. The van der Waals surface area contributed by atoms with Crippen LogP contribution in [-0.4, -0.2) is 15.9 Å². The molecule has 1 aromatic heterocycles. The summed E-state index contributed by atoms with van der Waals surface area (Å²) >= 11 is 0. The first kappa shape index (κ1) is 30.8. The van der Waals surface area contributed by atoms with Gasteiger partial charge in [-0.15, -0.1) is 0 Å². The molecular formula is C42H56N2O2. The van der Waals surface area contributed by atoms with Crippen molar-refractivity contribution in [1.29, 1.82) is 0 Å². The normalized spacial score (nSPS) is 42.3. The van der Waals surface area contributed by atoms with Crippen molar-refractivity contribution in [2.75, 3.05) is 0 Å². The highest BCUT2D eigenvalue weighted by atomic mass is 16.5. The van der Waals surface area contributed by atoms with Gasteiger partial charge in [0.05, 0.1) is 11.1 Å². The Hall–Kier alpha value is -2.49. The van der Waals surface area contributed by atoms with Gasteiger partial charge in [0.1, 0.15) is 12.4 Å². The molecule has 6 aliphatic rings. The predicted molar refractivity (Wildman–Crippen MR) is 183 cm³/mol. The zero-order valence-electron chi connectivity index (χ0n) is 29.5. The van der Waals surface area contributed by atoms with Crippen LogP contribution >= 0.6 is 0 Å². The quantitative estimate of drug-likeness (QED) is 0.252. The fraction of sp³-hybridized carbons (Fsp3) is 0.690. The number of ether oxygens (including phenoxy) is 1. The van der Waals surface area contributed by atoms with Gasteiger partial charge in [-0.2, -0.15) is 0 Å². The zero-order chi connectivity index (χ0) is 32.3. The second kappa shape index (κ2) is 10.3. The van der Waals surface area contributed by atoms with E-state index in [4.69, 9.17) is 14.7 Å². The molecule has 4 nitrogen and oxygen atoms in total. The molecule has 8 rings (SSSR count). The maximum absolute atomic E-state index is 14.4. The number of esters is 1. The minimum atomic E-state index is -0.404. The number of rotatable bonds is 4. The van der Waals surface area contributed by atoms with Crippen LogP contribution in [0.15, 0.2) is 48.2 Å². The summed E-state index contributed by atoms with van der Waals surface area (Å²) < 4.78 is 6.25. The summed E-state index contributed by atoms with van der Waals surface area (Å²) in [5, 5.41) is 0. The van der Waals surface area contributed by atoms with E-state index >= 15 is 0 Å². The third-order valence-corrected chi connectivity index (χ3v) is 15.8. The Morgan fingerprint density at radius 1 is 0.913 bits per heavy atom. The number of hydrogen-bond donors (Lipinski definition) is 0. The van der Waals surface area contributed by atoms with Crippen molar-refractivity contribution in [2.24, 2.45) is 51.2 Å². The van der Waals surface area contributed by atoms with E-state index < -0.39 is 5.41 Å². The standard InChI is InChI=1S/C42H56N2O2/c1-26-17-20-42(37(45)46-25-28-11-9-8-10-12-28)22-21-40(6)31(34(42)27(26)2)15-16-33-39(5)23-30-24-43-36(29-13-14-29)44-35(30)38(3,4)32(39)18-19-41(33,40)7/h8-12,15,24,26-27,29,32-34H,13-14,16-23,25H2,1-7H3/t26-,27-,32+,33-,34-,39+,40+,41-,42-/m0/s1. The number of nitrogens with zero attached hydrogens (tertiary/aromatic N) is 2. The van der Waals surface area contributed by atoms with Gasteiger partial charge in [-0.1, -0.05) is 90.4 Å². The van der Waals surface area contributed by atoms with Crippen LogP contribution in [0, 0.1) is 51.2 Å². The average Bonchev–Trinajstić information content (AvgIpc) is 3.88. The van der Waals surface area contributed by atoms with Crippen LogP contribution in [-0.2, 0) is 28.0 Å². The lowest BCUT2D eigenvalue weighted by atomic mass is 9.33. The van der Waals surface area contributed by atoms with Crippen molar-refractivity contribution < 1.29 is 9.53 Å². The van der Waals surface area contributed by atoms with Gasteiger partial charge in [-0.3, -0.25) is 4.79 Å². The van der Waals surface area contributed by atoms with Crippen molar-refractivity contribution in [2.45, 2.75) is 131 Å². The van der Waals surface area contributed by atoms with Crippen LogP contribution in [0.25, 0.3) is 0 Å². The monoisotopic (exact) mass is 620 g/mol. The zero-order valence-corrected chi connectivity index (χ0v) is 29.5. The molecule has 4 heteroatoms. The maximum Gasteiger partial charge on any atom is 0.313 e. The lowest BCUT2D eigenvalue weighted by Crippen LogP contribution is -2.65. The molecular weight excluding hydrogens is 564 g/mol. The molecule has 6 aliphatic carbocycles. The molecule has 4 saturated carbocycles. The van der Waals surface area contributed by atoms with Gasteiger partial charge in [-0.05, 0) is 121 Å². The molecule has 0 spiro atoms. The second-order valence-corrected chi connectivity index (χ2v) is 18.1. The molecule has 2 aromatic rings. The number of benzene rings is 1. The fourth-order valence-electron chi connectivity index (χ4n) is 12.7. The Balaban J connectivity index is 1.16. The maximum atomic E-state index is 14.4. The molecule has 0 saturated heterocycles. The van der Waals surface area contributed by atoms with E-state index in [2.05, 4.69) is 72.9 Å². The summed E-state index contributed by atoms with van der Waals surface area (Å²) in [6.07, 6.45) is 16.2. The Labute approximate surface area is 277 Å². The predicted octanol–water partition coefficient (Wildman–Crippen LogP) is 9.77. The highest BCUT2D eigenvalue weighted by Crippen LogP contribution is 2.75. The van der Waals surface area contributed by atoms with Crippen LogP contribution in [0.2, 0.25) is 0 Å². The number of allylic oxidation sites excluding steroid dienone is 2. The lowest BCUT2D eigenvalue weighted by molar-refractivity contribution is -0.184. The van der Waals surface area contributed by atoms with E-state index in [1.165, 1.54) is 36.9 Å². The van der Waals surface area contributed by atoms with Crippen molar-refractivity contribution in [3.8, 4) is 0 Å². The van der Waals surface area contributed by atoms with Gasteiger partial charge in [0.15, 0.2) is 0 Å². The molecule has 0 N–H and O–H groups in total. The topological polar surface area (TPSA) is 52.1 Å². The number of fused-ring (bicyclic) bond motifs is 8. The van der Waals surface area contributed by atoms with Crippen LogP contribution < -0.4 is 0 Å². The minimum Gasteiger partial charge on any atom is -0.460 e. The number of carbonyl (C=O) groups excluding carboxylic acids is 1. The first-order valence-electron chi connectivity index (χ1n) is 18.6. The van der Waals surface area contributed by atoms with E-state index in [-0.39, 0.29) is 33.5 Å². The first-order valence-corrected chi connectivity index (χ1v) is 18.6. The molecule has 0 radical (unpaired) electrons. The third-order valence-electron chi connectivity index (χ3n) is 15.8. The minimum absolute atomic E-state index is 0.0404. The van der Waals surface area contributed by atoms with Crippen LogP contribution in [0.3, 0.4) is 0 Å². The first-order chi connectivity index (χ1) is 21.8. The highest BCUT2D eigenvalue weighted by Gasteiger charge is 2.69. The van der Waals surface area contributed by atoms with Crippen LogP contribution in [0.1, 0.15) is 135 Å². The molecule has 0 bridgehead atoms. The smallest absolute Gasteiger partial charge is 0.313 e. The average molecular weight is 621 g/mol. The van der Waals surface area contributed by atoms with Crippen molar-refractivity contribution in [1.82, 2.24) is 9.97 Å². The molecule has 9 atom stereocenters. The van der Waals surface area contributed by atoms with Gasteiger partial charge in [-0.25, -0.2) is 9.97 Å². The van der Waals surface area contributed by atoms with E-state index in [0.717, 1.165) is 49.9 Å². The molecule has 0 unspecified atom stereocenters. The summed E-state index contributed by atoms with van der Waals surface area (Å²) in [6, 6.07) is 10.2. The van der Waals surface area contributed by atoms with Crippen molar-refractivity contribution >= 4 is 5.97 Å². The SMILES string of the molecule is C[C@@H]1[C@H]2C3=CC[C@H]4[C@]5(C)Cc6cnc(C7CC7)nc6C(C)(C)[C@H]5CC[C@]4(C)[C@]3(C)CC[C@@]2(C(=O)OCc2ccccc2)CC[C@@H]1C. The largest absolute Gasteiger partial charge is 0.460 e. The van der Waals surface area contributed by atoms with Gasteiger partial charge in [0, 0.05) is 17.5 Å². The molecule has 0 amide bonds. The number of hydrogen-bond acceptors (Lipinski definition) is 4. The third kappa shape index (κ3) is 4.12. The van der Waals surface area contributed by atoms with Crippen LogP contribution in [0.4, 0.5) is 0 Å². The lowest BCUT2D eigenvalue weighted by Gasteiger charge is -2.70. The van der Waals surface area contributed by atoms with Crippen molar-refractivity contribution in [3.05, 3.63) is 70.8 Å². The second-order valence-electron chi connectivity index (χ2n) is 18.1. The summed E-state index contributed by atoms with van der Waals surface area (Å²) in [5.41, 5.74) is 5.52. The highest BCUT2D eigenvalue weighted by molar-refractivity contribution is 5.79. The molecule has 4 fully saturated rings. The summed E-state index contributed by atoms with van der Waals surface area (Å²) in [4.78, 5) is 24.6. The van der Waals surface area contributed by atoms with Crippen LogP contribution in [0.5, 0.6) is 0 Å². The summed E-state index contributed by atoms with van der Waals surface area (Å²) in [7, 11) is 0.